The second kappa shape index (κ2) is 8.30. The highest BCUT2D eigenvalue weighted by molar-refractivity contribution is 8.26. The molecule has 0 atom stereocenters. The Bertz CT molecular complexity index is 1130. The van der Waals surface area contributed by atoms with Crippen LogP contribution < -0.4 is 0 Å². The van der Waals surface area contributed by atoms with E-state index < -0.39 is 0 Å². The van der Waals surface area contributed by atoms with Crippen LogP contribution in [0.2, 0.25) is 0 Å². The fourth-order valence-electron chi connectivity index (χ4n) is 3.89. The number of benzene rings is 2. The number of hydrogen-bond donors (Lipinski definition) is 0. The first-order valence-corrected chi connectivity index (χ1v) is 11.1. The number of aryl methyl sites for hydroxylation is 1. The van der Waals surface area contributed by atoms with Gasteiger partial charge in [-0.15, -0.1) is 0 Å². The van der Waals surface area contributed by atoms with Crippen molar-refractivity contribution in [1.29, 1.82) is 0 Å². The van der Waals surface area contributed by atoms with Gasteiger partial charge in [0.25, 0.3) is 5.91 Å². The first-order chi connectivity index (χ1) is 14.0. The summed E-state index contributed by atoms with van der Waals surface area (Å²) in [5.41, 5.74) is 3.50. The van der Waals surface area contributed by atoms with Crippen molar-refractivity contribution >= 4 is 62.1 Å². The Morgan fingerprint density at radius 3 is 2.62 bits per heavy atom. The molecule has 0 N–H and O–H groups in total. The lowest BCUT2D eigenvalue weighted by molar-refractivity contribution is -0.122. The quantitative estimate of drug-likeness (QED) is 0.414. The molecule has 0 radical (unpaired) electrons. The molecule has 2 aromatic carbocycles. The van der Waals surface area contributed by atoms with E-state index in [0.29, 0.717) is 15.8 Å². The summed E-state index contributed by atoms with van der Waals surface area (Å²) >= 11 is 6.86. The van der Waals surface area contributed by atoms with Crippen LogP contribution in [0.5, 0.6) is 0 Å². The topological polar surface area (TPSA) is 28.5 Å². The Hall–Kier alpha value is -2.15. The maximum Gasteiger partial charge on any atom is 0.266 e. The summed E-state index contributed by atoms with van der Waals surface area (Å²) < 4.78 is 2.99. The molecule has 1 saturated heterocycles. The third-order valence-corrected chi connectivity index (χ3v) is 6.65. The van der Waals surface area contributed by atoms with E-state index >= 15 is 0 Å². The van der Waals surface area contributed by atoms with Gasteiger partial charge in [0, 0.05) is 34.9 Å². The van der Waals surface area contributed by atoms with Crippen molar-refractivity contribution in [2.75, 3.05) is 27.2 Å². The van der Waals surface area contributed by atoms with Gasteiger partial charge in [0.15, 0.2) is 0 Å². The maximum atomic E-state index is 12.9. The lowest BCUT2D eigenvalue weighted by Gasteiger charge is -2.16. The molecule has 1 amide bonds. The van der Waals surface area contributed by atoms with Crippen LogP contribution in [0, 0.1) is 0 Å². The van der Waals surface area contributed by atoms with Crippen LogP contribution in [0.15, 0.2) is 47.4 Å². The molecule has 1 aromatic heterocycles. The number of nitrogens with zero attached hydrogens (tertiary/aromatic N) is 3. The number of para-hydroxylation sites is 1. The van der Waals surface area contributed by atoms with E-state index in [9.17, 15) is 4.79 Å². The lowest BCUT2D eigenvalue weighted by atomic mass is 10.1. The highest BCUT2D eigenvalue weighted by atomic mass is 32.2. The summed E-state index contributed by atoms with van der Waals surface area (Å²) in [6.07, 6.45) is 2.89. The molecule has 3 aromatic rings. The van der Waals surface area contributed by atoms with Crippen molar-refractivity contribution in [1.82, 2.24) is 14.4 Å². The molecule has 1 aliphatic heterocycles. The zero-order valence-corrected chi connectivity index (χ0v) is 18.6. The molecule has 29 heavy (non-hydrogen) atoms. The first kappa shape index (κ1) is 20.1. The number of rotatable bonds is 6. The molecular formula is C23H25N3OS2. The second-order valence-corrected chi connectivity index (χ2v) is 9.20. The van der Waals surface area contributed by atoms with Gasteiger partial charge in [-0.1, -0.05) is 48.2 Å². The number of amides is 1. The van der Waals surface area contributed by atoms with Crippen LogP contribution in [0.25, 0.3) is 27.9 Å². The van der Waals surface area contributed by atoms with Crippen molar-refractivity contribution in [2.45, 2.75) is 19.9 Å². The minimum atomic E-state index is 0.0230. The molecule has 0 unspecified atom stereocenters. The zero-order valence-electron chi connectivity index (χ0n) is 17.0. The largest absolute Gasteiger partial charge is 0.341 e. The molecule has 2 heterocycles. The minimum Gasteiger partial charge on any atom is -0.341 e. The van der Waals surface area contributed by atoms with Crippen LogP contribution in [0.4, 0.5) is 0 Å². The van der Waals surface area contributed by atoms with Crippen LogP contribution in [-0.4, -0.2) is 51.8 Å². The van der Waals surface area contributed by atoms with Gasteiger partial charge in [-0.25, -0.2) is 0 Å². The monoisotopic (exact) mass is 423 g/mol. The number of carbonyl (C=O) groups excluding carboxylic acids is 1. The third-order valence-electron chi connectivity index (χ3n) is 5.27. The van der Waals surface area contributed by atoms with E-state index in [2.05, 4.69) is 58.9 Å². The van der Waals surface area contributed by atoms with E-state index in [0.717, 1.165) is 25.1 Å². The zero-order chi connectivity index (χ0) is 20.5. The van der Waals surface area contributed by atoms with Crippen molar-refractivity contribution in [3.63, 3.8) is 0 Å². The summed E-state index contributed by atoms with van der Waals surface area (Å²) in [4.78, 5) is 17.4. The molecule has 6 heteroatoms. The van der Waals surface area contributed by atoms with Gasteiger partial charge in [-0.05, 0) is 63.8 Å². The van der Waals surface area contributed by atoms with E-state index in [1.807, 2.05) is 20.2 Å². The average Bonchev–Trinajstić information content (AvgIpc) is 3.16. The predicted octanol–water partition coefficient (Wildman–Crippen LogP) is 4.97. The number of thiocarbonyl (C=S) groups is 1. The van der Waals surface area contributed by atoms with Gasteiger partial charge in [0.05, 0.1) is 4.91 Å². The molecule has 0 aliphatic carbocycles. The van der Waals surface area contributed by atoms with Gasteiger partial charge < -0.3 is 9.47 Å². The SMILES string of the molecule is CCn1c2ccccc2c2cc(/C=C3/SC(=S)N(CCCN(C)C)C3=O)ccc21. The Kier molecular flexibility index (Phi) is 5.76. The van der Waals surface area contributed by atoms with Crippen LogP contribution in [0.1, 0.15) is 18.9 Å². The predicted molar refractivity (Wildman–Crippen MR) is 128 cm³/mol. The van der Waals surface area contributed by atoms with Crippen molar-refractivity contribution in [3.05, 3.63) is 52.9 Å². The lowest BCUT2D eigenvalue weighted by Crippen LogP contribution is -2.30. The first-order valence-electron chi connectivity index (χ1n) is 9.90. The Balaban J connectivity index is 1.65. The number of thioether (sulfide) groups is 1. The third kappa shape index (κ3) is 3.84. The molecule has 0 saturated carbocycles. The van der Waals surface area contributed by atoms with Crippen molar-refractivity contribution in [2.24, 2.45) is 0 Å². The smallest absolute Gasteiger partial charge is 0.266 e. The normalized spacial score (nSPS) is 16.3. The van der Waals surface area contributed by atoms with Gasteiger partial charge in [-0.3, -0.25) is 9.69 Å². The standard InChI is InChI=1S/C23H25N3OS2/c1-4-25-19-9-6-5-8-17(19)18-14-16(10-11-20(18)25)15-21-22(27)26(23(28)29-21)13-7-12-24(2)3/h5-6,8-11,14-15H,4,7,12-13H2,1-3H3/b21-15+. The molecule has 4 nitrogen and oxygen atoms in total. The number of hydrogen-bond acceptors (Lipinski definition) is 4. The fourth-order valence-corrected chi connectivity index (χ4v) is 5.20. The molecule has 0 spiro atoms. The van der Waals surface area contributed by atoms with Gasteiger partial charge >= 0.3 is 0 Å². The molecule has 4 rings (SSSR count). The number of aromatic nitrogens is 1. The average molecular weight is 424 g/mol. The molecule has 1 fully saturated rings. The molecule has 0 bridgehead atoms. The second-order valence-electron chi connectivity index (χ2n) is 7.53. The Morgan fingerprint density at radius 2 is 1.86 bits per heavy atom. The Labute approximate surface area is 181 Å². The van der Waals surface area contributed by atoms with Crippen LogP contribution in [0.3, 0.4) is 0 Å². The Morgan fingerprint density at radius 1 is 1.10 bits per heavy atom. The van der Waals surface area contributed by atoms with Gasteiger partial charge in [-0.2, -0.15) is 0 Å². The summed E-state index contributed by atoms with van der Waals surface area (Å²) in [5.74, 6) is 0.0230. The van der Waals surface area contributed by atoms with E-state index in [1.54, 1.807) is 4.90 Å². The van der Waals surface area contributed by atoms with E-state index in [1.165, 1.54) is 33.6 Å². The highest BCUT2D eigenvalue weighted by Gasteiger charge is 2.31. The van der Waals surface area contributed by atoms with E-state index in [-0.39, 0.29) is 5.91 Å². The minimum absolute atomic E-state index is 0.0230. The summed E-state index contributed by atoms with van der Waals surface area (Å²) in [7, 11) is 4.08. The summed E-state index contributed by atoms with van der Waals surface area (Å²) in [5, 5.41) is 2.47. The van der Waals surface area contributed by atoms with Gasteiger partial charge in [0.1, 0.15) is 4.32 Å². The summed E-state index contributed by atoms with van der Waals surface area (Å²) in [6, 6.07) is 14.9. The van der Waals surface area contributed by atoms with E-state index in [4.69, 9.17) is 12.2 Å². The number of fused-ring (bicyclic) bond motifs is 3. The molecular weight excluding hydrogens is 398 g/mol. The van der Waals surface area contributed by atoms with Crippen LogP contribution >= 0.6 is 24.0 Å². The summed E-state index contributed by atoms with van der Waals surface area (Å²) in [6.45, 7) is 4.70. The number of carbonyl (C=O) groups is 1. The highest BCUT2D eigenvalue weighted by Crippen LogP contribution is 2.34. The van der Waals surface area contributed by atoms with Crippen LogP contribution in [-0.2, 0) is 11.3 Å². The molecule has 150 valence electrons. The maximum absolute atomic E-state index is 12.9. The van der Waals surface area contributed by atoms with Gasteiger partial charge in [0.2, 0.25) is 0 Å². The molecule has 1 aliphatic rings. The van der Waals surface area contributed by atoms with Crippen molar-refractivity contribution < 1.29 is 4.79 Å². The van der Waals surface area contributed by atoms with Crippen molar-refractivity contribution in [3.8, 4) is 0 Å². The fraction of sp³-hybridized carbons (Fsp3) is 0.304.